The molecule has 104 valence electrons. The molecule has 0 bridgehead atoms. The first kappa shape index (κ1) is 12.9. The fourth-order valence-electron chi connectivity index (χ4n) is 1.96. The Labute approximate surface area is 119 Å². The van der Waals surface area contributed by atoms with Crippen molar-refractivity contribution in [2.75, 3.05) is 5.32 Å². The lowest BCUT2D eigenvalue weighted by Gasteiger charge is -2.10. The van der Waals surface area contributed by atoms with E-state index in [-0.39, 0.29) is 11.3 Å². The van der Waals surface area contributed by atoms with Crippen LogP contribution in [0.2, 0.25) is 0 Å². The monoisotopic (exact) mass is 280 g/mol. The lowest BCUT2D eigenvalue weighted by Crippen LogP contribution is -1.99. The number of rotatable bonds is 3. The zero-order valence-electron chi connectivity index (χ0n) is 10.8. The molecule has 0 unspecified atom stereocenters. The van der Waals surface area contributed by atoms with Gasteiger partial charge in [-0.05, 0) is 30.3 Å². The highest BCUT2D eigenvalue weighted by molar-refractivity contribution is 5.97. The number of carbonyl (C=O) groups is 1. The molecule has 1 aromatic heterocycles. The van der Waals surface area contributed by atoms with Gasteiger partial charge in [0.05, 0.1) is 11.1 Å². The second kappa shape index (κ2) is 5.09. The number of nitrogens with zero attached hydrogens (tertiary/aromatic N) is 2. The Kier molecular flexibility index (Phi) is 3.12. The molecular formula is C15H10N3O3-. The van der Waals surface area contributed by atoms with E-state index in [1.165, 1.54) is 30.6 Å². The third-order valence-electron chi connectivity index (χ3n) is 3.00. The van der Waals surface area contributed by atoms with E-state index in [0.29, 0.717) is 16.7 Å². The van der Waals surface area contributed by atoms with E-state index in [4.69, 9.17) is 5.11 Å². The van der Waals surface area contributed by atoms with Gasteiger partial charge < -0.3 is 15.5 Å². The van der Waals surface area contributed by atoms with Crippen molar-refractivity contribution in [1.29, 1.82) is 0 Å². The molecule has 2 N–H and O–H groups in total. The summed E-state index contributed by atoms with van der Waals surface area (Å²) in [6.45, 7) is 0. The Bertz CT molecular complexity index is 816. The molecule has 0 saturated heterocycles. The van der Waals surface area contributed by atoms with Gasteiger partial charge in [0.25, 0.3) is 0 Å². The summed E-state index contributed by atoms with van der Waals surface area (Å²) in [6.07, 6.45) is 1.36. The van der Waals surface area contributed by atoms with Crippen molar-refractivity contribution in [2.24, 2.45) is 0 Å². The van der Waals surface area contributed by atoms with Gasteiger partial charge in [-0.3, -0.25) is 0 Å². The molecule has 0 aliphatic carbocycles. The third kappa shape index (κ3) is 2.59. The molecule has 0 aliphatic rings. The minimum absolute atomic E-state index is 0.0702. The van der Waals surface area contributed by atoms with Crippen LogP contribution in [0.15, 0.2) is 48.8 Å². The number of nitrogens with one attached hydrogen (secondary N) is 1. The second-order valence-electron chi connectivity index (χ2n) is 4.41. The Balaban J connectivity index is 2.02. The standard InChI is InChI=1S/C15H11N3O3/c19-11-4-2-10(3-5-11)18-14-12-6-1-9(15(20)21)7-13(12)16-8-17-14/h1-8,19H,(H,20,21)(H,16,17,18)/p-1. The average molecular weight is 280 g/mol. The van der Waals surface area contributed by atoms with Crippen molar-refractivity contribution in [3.63, 3.8) is 0 Å². The molecule has 0 fully saturated rings. The second-order valence-corrected chi connectivity index (χ2v) is 4.41. The highest BCUT2D eigenvalue weighted by Gasteiger charge is 2.08. The van der Waals surface area contributed by atoms with Gasteiger partial charge in [-0.1, -0.05) is 12.1 Å². The van der Waals surface area contributed by atoms with Crippen molar-refractivity contribution >= 4 is 28.4 Å². The number of carboxylic acid groups (broad SMARTS) is 1. The molecule has 0 atom stereocenters. The minimum Gasteiger partial charge on any atom is -0.872 e. The van der Waals surface area contributed by atoms with Crippen molar-refractivity contribution < 1.29 is 15.0 Å². The predicted octanol–water partition coefficient (Wildman–Crippen LogP) is 2.15. The van der Waals surface area contributed by atoms with Crippen molar-refractivity contribution in [3.8, 4) is 5.75 Å². The molecule has 3 rings (SSSR count). The van der Waals surface area contributed by atoms with Crippen LogP contribution >= 0.6 is 0 Å². The molecule has 0 spiro atoms. The molecule has 0 radical (unpaired) electrons. The largest absolute Gasteiger partial charge is 0.872 e. The Morgan fingerprint density at radius 2 is 1.86 bits per heavy atom. The maximum absolute atomic E-state index is 11.1. The van der Waals surface area contributed by atoms with Crippen LogP contribution in [-0.2, 0) is 0 Å². The summed E-state index contributed by atoms with van der Waals surface area (Å²) in [5, 5.41) is 23.9. The molecule has 1 heterocycles. The highest BCUT2D eigenvalue weighted by Crippen LogP contribution is 2.24. The maximum atomic E-state index is 11.1. The van der Waals surface area contributed by atoms with Gasteiger partial charge in [-0.2, -0.15) is 0 Å². The summed E-state index contributed by atoms with van der Waals surface area (Å²) in [4.78, 5) is 19.2. The molecule has 0 amide bonds. The van der Waals surface area contributed by atoms with E-state index in [2.05, 4.69) is 15.3 Å². The normalized spacial score (nSPS) is 10.5. The summed E-state index contributed by atoms with van der Waals surface area (Å²) in [5.74, 6) is -0.522. The van der Waals surface area contributed by atoms with Gasteiger partial charge in [0, 0.05) is 11.1 Å². The number of anilines is 2. The molecule has 6 nitrogen and oxygen atoms in total. The number of aromatic carboxylic acids is 1. The van der Waals surface area contributed by atoms with Crippen molar-refractivity contribution in [2.45, 2.75) is 0 Å². The Morgan fingerprint density at radius 1 is 1.10 bits per heavy atom. The first-order valence-corrected chi connectivity index (χ1v) is 6.15. The van der Waals surface area contributed by atoms with E-state index in [1.54, 1.807) is 18.2 Å². The van der Waals surface area contributed by atoms with Crippen molar-refractivity contribution in [3.05, 3.63) is 54.4 Å². The molecule has 3 aromatic rings. The van der Waals surface area contributed by atoms with Gasteiger partial charge in [-0.15, -0.1) is 5.75 Å². The van der Waals surface area contributed by atoms with Gasteiger partial charge in [0.15, 0.2) is 0 Å². The summed E-state index contributed by atoms with van der Waals surface area (Å²) < 4.78 is 0. The topological polar surface area (TPSA) is 98.2 Å². The smallest absolute Gasteiger partial charge is 0.335 e. The van der Waals surface area contributed by atoms with Crippen LogP contribution in [0.25, 0.3) is 10.9 Å². The lowest BCUT2D eigenvalue weighted by molar-refractivity contribution is -0.268. The predicted molar refractivity (Wildman–Crippen MR) is 75.7 cm³/mol. The summed E-state index contributed by atoms with van der Waals surface area (Å²) >= 11 is 0. The van der Waals surface area contributed by atoms with Crippen LogP contribution in [0, 0.1) is 0 Å². The minimum atomic E-state index is -1.00. The molecular weight excluding hydrogens is 270 g/mol. The van der Waals surface area contributed by atoms with Gasteiger partial charge >= 0.3 is 5.97 Å². The Hall–Kier alpha value is -3.15. The fourth-order valence-corrected chi connectivity index (χ4v) is 1.96. The quantitative estimate of drug-likeness (QED) is 0.762. The number of fused-ring (bicyclic) bond motifs is 1. The number of carboxylic acids is 1. The number of benzene rings is 2. The molecule has 21 heavy (non-hydrogen) atoms. The van der Waals surface area contributed by atoms with Crippen LogP contribution in [0.5, 0.6) is 5.75 Å². The number of aromatic nitrogens is 2. The molecule has 2 aromatic carbocycles. The van der Waals surface area contributed by atoms with Crippen LogP contribution in [0.1, 0.15) is 10.4 Å². The van der Waals surface area contributed by atoms with Crippen molar-refractivity contribution in [1.82, 2.24) is 9.97 Å². The van der Waals surface area contributed by atoms with Gasteiger partial charge in [0.1, 0.15) is 12.1 Å². The summed E-state index contributed by atoms with van der Waals surface area (Å²) in [7, 11) is 0. The summed E-state index contributed by atoms with van der Waals surface area (Å²) in [5.41, 5.74) is 1.42. The molecule has 6 heteroatoms. The Morgan fingerprint density at radius 3 is 2.57 bits per heavy atom. The fraction of sp³-hybridized carbons (Fsp3) is 0. The lowest BCUT2D eigenvalue weighted by atomic mass is 10.1. The van der Waals surface area contributed by atoms with E-state index in [9.17, 15) is 9.90 Å². The first-order valence-electron chi connectivity index (χ1n) is 6.15. The van der Waals surface area contributed by atoms with Crippen LogP contribution < -0.4 is 10.4 Å². The average Bonchev–Trinajstić information content (AvgIpc) is 2.49. The highest BCUT2D eigenvalue weighted by atomic mass is 16.4. The van der Waals surface area contributed by atoms with Crippen LogP contribution in [0.3, 0.4) is 0 Å². The SMILES string of the molecule is O=C(O)c1ccc2c(Nc3ccc([O-])cc3)ncnc2c1. The van der Waals surface area contributed by atoms with Crippen LogP contribution in [0.4, 0.5) is 11.5 Å². The van der Waals surface area contributed by atoms with E-state index in [0.717, 1.165) is 5.69 Å². The number of hydrogen-bond donors (Lipinski definition) is 2. The summed E-state index contributed by atoms with van der Waals surface area (Å²) in [6, 6.07) is 10.9. The molecule has 0 saturated carbocycles. The van der Waals surface area contributed by atoms with Gasteiger partial charge in [-0.25, -0.2) is 14.8 Å². The van der Waals surface area contributed by atoms with Crippen LogP contribution in [-0.4, -0.2) is 21.0 Å². The third-order valence-corrected chi connectivity index (χ3v) is 3.00. The van der Waals surface area contributed by atoms with E-state index >= 15 is 0 Å². The van der Waals surface area contributed by atoms with E-state index in [1.807, 2.05) is 0 Å². The first-order chi connectivity index (χ1) is 10.1. The maximum Gasteiger partial charge on any atom is 0.335 e. The zero-order valence-corrected chi connectivity index (χ0v) is 10.8. The van der Waals surface area contributed by atoms with E-state index < -0.39 is 5.97 Å². The molecule has 0 aliphatic heterocycles. The van der Waals surface area contributed by atoms with Gasteiger partial charge in [0.2, 0.25) is 0 Å². The zero-order chi connectivity index (χ0) is 14.8. The number of hydrogen-bond acceptors (Lipinski definition) is 5.